The predicted molar refractivity (Wildman–Crippen MR) is 61.9 cm³/mol. The van der Waals surface area contributed by atoms with Crippen molar-refractivity contribution < 1.29 is 14.7 Å². The van der Waals surface area contributed by atoms with Gasteiger partial charge in [0.05, 0.1) is 12.2 Å². The molecule has 7 heteroatoms. The highest BCUT2D eigenvalue weighted by Gasteiger charge is 2.22. The minimum atomic E-state index is -1.02. The normalized spacial score (nSPS) is 14.6. The van der Waals surface area contributed by atoms with Crippen molar-refractivity contribution >= 4 is 23.2 Å². The van der Waals surface area contributed by atoms with Crippen molar-refractivity contribution in [1.29, 1.82) is 0 Å². The SMILES string of the molecule is O=C(CNCc1csc(C(=O)O)n1)NC1CC1. The fourth-order valence-corrected chi connectivity index (χ4v) is 1.95. The van der Waals surface area contributed by atoms with Gasteiger partial charge < -0.3 is 15.7 Å². The van der Waals surface area contributed by atoms with Crippen LogP contribution in [0.2, 0.25) is 0 Å². The quantitative estimate of drug-likeness (QED) is 0.676. The highest BCUT2D eigenvalue weighted by atomic mass is 32.1. The molecule has 2 rings (SSSR count). The molecule has 1 aliphatic carbocycles. The maximum Gasteiger partial charge on any atom is 0.365 e. The van der Waals surface area contributed by atoms with E-state index in [-0.39, 0.29) is 17.5 Å². The number of nitrogens with zero attached hydrogens (tertiary/aromatic N) is 1. The van der Waals surface area contributed by atoms with Crippen LogP contribution in [0.1, 0.15) is 28.3 Å². The van der Waals surface area contributed by atoms with E-state index in [1.165, 1.54) is 0 Å². The number of nitrogens with one attached hydrogen (secondary N) is 2. The molecule has 0 radical (unpaired) electrons. The Bertz CT molecular complexity index is 428. The number of hydrogen-bond acceptors (Lipinski definition) is 5. The molecule has 0 aliphatic heterocycles. The predicted octanol–water partition coefficient (Wildman–Crippen LogP) is 0.209. The minimum Gasteiger partial charge on any atom is -0.476 e. The first-order valence-electron chi connectivity index (χ1n) is 5.33. The van der Waals surface area contributed by atoms with Gasteiger partial charge in [0.1, 0.15) is 0 Å². The second-order valence-corrected chi connectivity index (χ2v) is 4.75. The molecule has 6 nitrogen and oxygen atoms in total. The fourth-order valence-electron chi connectivity index (χ4n) is 1.30. The molecule has 0 aromatic carbocycles. The molecule has 3 N–H and O–H groups in total. The summed E-state index contributed by atoms with van der Waals surface area (Å²) in [6.07, 6.45) is 2.14. The Labute approximate surface area is 102 Å². The summed E-state index contributed by atoms with van der Waals surface area (Å²) in [5.74, 6) is -1.05. The van der Waals surface area contributed by atoms with Crippen LogP contribution in [0.25, 0.3) is 0 Å². The van der Waals surface area contributed by atoms with Crippen molar-refractivity contribution in [3.63, 3.8) is 0 Å². The summed E-state index contributed by atoms with van der Waals surface area (Å²) >= 11 is 1.09. The van der Waals surface area contributed by atoms with Gasteiger partial charge in [-0.2, -0.15) is 0 Å². The third kappa shape index (κ3) is 3.79. The number of aromatic carboxylic acids is 1. The molecule has 0 atom stereocenters. The lowest BCUT2D eigenvalue weighted by Crippen LogP contribution is -2.34. The number of hydrogen-bond donors (Lipinski definition) is 3. The van der Waals surface area contributed by atoms with E-state index >= 15 is 0 Å². The van der Waals surface area contributed by atoms with Gasteiger partial charge in [0.25, 0.3) is 0 Å². The van der Waals surface area contributed by atoms with Crippen molar-refractivity contribution in [1.82, 2.24) is 15.6 Å². The Hall–Kier alpha value is -1.47. The van der Waals surface area contributed by atoms with E-state index in [9.17, 15) is 9.59 Å². The van der Waals surface area contributed by atoms with Gasteiger partial charge in [-0.05, 0) is 12.8 Å². The maximum absolute atomic E-state index is 11.3. The standard InChI is InChI=1S/C10H13N3O3S/c14-8(12-6-1-2-6)4-11-3-7-5-17-9(13-7)10(15)16/h5-6,11H,1-4H2,(H,12,14)(H,15,16). The average molecular weight is 255 g/mol. The lowest BCUT2D eigenvalue weighted by molar-refractivity contribution is -0.120. The van der Waals surface area contributed by atoms with Crippen LogP contribution in [0.5, 0.6) is 0 Å². The van der Waals surface area contributed by atoms with Crippen molar-refractivity contribution in [3.05, 3.63) is 16.1 Å². The van der Waals surface area contributed by atoms with Crippen LogP contribution in [0.15, 0.2) is 5.38 Å². The summed E-state index contributed by atoms with van der Waals surface area (Å²) in [6.45, 7) is 0.637. The number of rotatable bonds is 6. The third-order valence-corrected chi connectivity index (χ3v) is 3.15. The zero-order valence-electron chi connectivity index (χ0n) is 9.10. The van der Waals surface area contributed by atoms with Crippen LogP contribution < -0.4 is 10.6 Å². The Balaban J connectivity index is 1.69. The molecule has 1 aliphatic rings. The maximum atomic E-state index is 11.3. The van der Waals surface area contributed by atoms with Crippen LogP contribution in [0, 0.1) is 0 Å². The Morgan fingerprint density at radius 1 is 1.53 bits per heavy atom. The number of carboxylic acid groups (broad SMARTS) is 1. The molecule has 0 unspecified atom stereocenters. The molecule has 1 heterocycles. The van der Waals surface area contributed by atoms with E-state index in [0.717, 1.165) is 24.2 Å². The van der Waals surface area contributed by atoms with E-state index in [0.29, 0.717) is 18.3 Å². The molecule has 1 aromatic rings. The Morgan fingerprint density at radius 2 is 2.29 bits per heavy atom. The summed E-state index contributed by atoms with van der Waals surface area (Å²) in [6, 6.07) is 0.363. The summed E-state index contributed by atoms with van der Waals surface area (Å²) in [4.78, 5) is 25.8. The first-order valence-corrected chi connectivity index (χ1v) is 6.21. The molecule has 1 amide bonds. The Morgan fingerprint density at radius 3 is 2.88 bits per heavy atom. The molecular weight excluding hydrogens is 242 g/mol. The number of aromatic nitrogens is 1. The van der Waals surface area contributed by atoms with Gasteiger partial charge in [-0.15, -0.1) is 11.3 Å². The lowest BCUT2D eigenvalue weighted by atomic mass is 10.4. The second-order valence-electron chi connectivity index (χ2n) is 3.89. The van der Waals surface area contributed by atoms with Crippen LogP contribution in [0.3, 0.4) is 0 Å². The zero-order valence-corrected chi connectivity index (χ0v) is 9.92. The molecule has 0 saturated heterocycles. The van der Waals surface area contributed by atoms with E-state index in [1.54, 1.807) is 5.38 Å². The molecule has 0 bridgehead atoms. The number of carbonyl (C=O) groups excluding carboxylic acids is 1. The molecule has 1 aromatic heterocycles. The van der Waals surface area contributed by atoms with Crippen molar-refractivity contribution in [3.8, 4) is 0 Å². The van der Waals surface area contributed by atoms with Gasteiger partial charge in [0, 0.05) is 18.0 Å². The van der Waals surface area contributed by atoms with Gasteiger partial charge in [-0.3, -0.25) is 4.79 Å². The van der Waals surface area contributed by atoms with Crippen LogP contribution in [-0.2, 0) is 11.3 Å². The highest BCUT2D eigenvalue weighted by molar-refractivity contribution is 7.11. The minimum absolute atomic E-state index is 0.0267. The third-order valence-electron chi connectivity index (χ3n) is 2.27. The van der Waals surface area contributed by atoms with Gasteiger partial charge >= 0.3 is 5.97 Å². The molecule has 92 valence electrons. The first-order chi connectivity index (χ1) is 8.15. The van der Waals surface area contributed by atoms with Gasteiger partial charge in [0.2, 0.25) is 10.9 Å². The van der Waals surface area contributed by atoms with E-state index in [1.807, 2.05) is 0 Å². The summed E-state index contributed by atoms with van der Waals surface area (Å²) in [5, 5.41) is 16.2. The second kappa shape index (κ2) is 5.24. The largest absolute Gasteiger partial charge is 0.476 e. The molecule has 17 heavy (non-hydrogen) atoms. The number of carbonyl (C=O) groups is 2. The molecular formula is C10H13N3O3S. The van der Waals surface area contributed by atoms with Crippen molar-refractivity contribution in [2.75, 3.05) is 6.54 Å². The van der Waals surface area contributed by atoms with E-state index < -0.39 is 5.97 Å². The van der Waals surface area contributed by atoms with Crippen molar-refractivity contribution in [2.24, 2.45) is 0 Å². The van der Waals surface area contributed by atoms with E-state index in [4.69, 9.17) is 5.11 Å². The monoisotopic (exact) mass is 255 g/mol. The highest BCUT2D eigenvalue weighted by Crippen LogP contribution is 2.18. The number of carboxylic acids is 1. The van der Waals surface area contributed by atoms with Gasteiger partial charge in [-0.1, -0.05) is 0 Å². The van der Waals surface area contributed by atoms with Gasteiger partial charge in [-0.25, -0.2) is 9.78 Å². The molecule has 0 spiro atoms. The summed E-state index contributed by atoms with van der Waals surface area (Å²) < 4.78 is 0. The van der Waals surface area contributed by atoms with Crippen LogP contribution in [-0.4, -0.2) is 34.6 Å². The smallest absolute Gasteiger partial charge is 0.365 e. The molecule has 1 fully saturated rings. The molecule has 1 saturated carbocycles. The Kier molecular flexibility index (Phi) is 3.70. The average Bonchev–Trinajstić information content (AvgIpc) is 2.94. The van der Waals surface area contributed by atoms with Crippen LogP contribution in [0.4, 0.5) is 0 Å². The number of thiazole rings is 1. The van der Waals surface area contributed by atoms with Crippen molar-refractivity contribution in [2.45, 2.75) is 25.4 Å². The summed E-state index contributed by atoms with van der Waals surface area (Å²) in [5.41, 5.74) is 0.645. The zero-order chi connectivity index (χ0) is 12.3. The topological polar surface area (TPSA) is 91.3 Å². The van der Waals surface area contributed by atoms with E-state index in [2.05, 4.69) is 15.6 Å². The van der Waals surface area contributed by atoms with Gasteiger partial charge in [0.15, 0.2) is 0 Å². The summed E-state index contributed by atoms with van der Waals surface area (Å²) in [7, 11) is 0. The fraction of sp³-hybridized carbons (Fsp3) is 0.500. The number of amides is 1. The first kappa shape index (κ1) is 12.0. The van der Waals surface area contributed by atoms with Crippen LogP contribution >= 0.6 is 11.3 Å². The lowest BCUT2D eigenvalue weighted by Gasteiger charge is -2.03.